The zero-order chi connectivity index (χ0) is 13.1. The van der Waals surface area contributed by atoms with Gasteiger partial charge in [0.1, 0.15) is 5.75 Å². The first-order valence-corrected chi connectivity index (χ1v) is 7.50. The zero-order valence-corrected chi connectivity index (χ0v) is 12.0. The normalized spacial score (nSPS) is 21.8. The van der Waals surface area contributed by atoms with Crippen LogP contribution in [0.4, 0.5) is 5.69 Å². The first kappa shape index (κ1) is 13.6. The monoisotopic (exact) mass is 267 g/mol. The molecule has 1 aromatic rings. The molecule has 2 rings (SSSR count). The fourth-order valence-corrected chi connectivity index (χ4v) is 3.48. The molecule has 100 valence electrons. The van der Waals surface area contributed by atoms with Crippen molar-refractivity contribution < 1.29 is 9.84 Å². The molecule has 0 amide bonds. The highest BCUT2D eigenvalue weighted by Gasteiger charge is 2.24. The number of rotatable bonds is 3. The van der Waals surface area contributed by atoms with Crippen LogP contribution in [0, 0.1) is 0 Å². The Kier molecular flexibility index (Phi) is 4.40. The summed E-state index contributed by atoms with van der Waals surface area (Å²) in [5.74, 6) is 3.05. The van der Waals surface area contributed by atoms with Gasteiger partial charge in [-0.05, 0) is 26.0 Å². The molecule has 1 aliphatic heterocycles. The Bertz CT molecular complexity index is 409. The van der Waals surface area contributed by atoms with Crippen LogP contribution in [0.5, 0.6) is 5.75 Å². The smallest absolute Gasteiger partial charge is 0.126 e. The molecule has 0 bridgehead atoms. The van der Waals surface area contributed by atoms with Crippen LogP contribution in [-0.4, -0.2) is 36.3 Å². The number of ether oxygens (including phenoxy) is 1. The average Bonchev–Trinajstić information content (AvgIpc) is 2.38. The van der Waals surface area contributed by atoms with Gasteiger partial charge in [-0.1, -0.05) is 6.07 Å². The van der Waals surface area contributed by atoms with Crippen molar-refractivity contribution >= 4 is 17.4 Å². The number of hydrogen-bond donors (Lipinski definition) is 1. The van der Waals surface area contributed by atoms with E-state index in [1.807, 2.05) is 23.9 Å². The van der Waals surface area contributed by atoms with Crippen LogP contribution in [0.2, 0.25) is 0 Å². The number of aliphatic hydroxyl groups is 1. The van der Waals surface area contributed by atoms with Crippen LogP contribution in [0.25, 0.3) is 0 Å². The lowest BCUT2D eigenvalue weighted by atomic mass is 10.0. The number of aliphatic hydroxyl groups excluding tert-OH is 1. The van der Waals surface area contributed by atoms with Gasteiger partial charge in [-0.3, -0.25) is 0 Å². The fraction of sp³-hybridized carbons (Fsp3) is 0.571. The van der Waals surface area contributed by atoms with E-state index in [2.05, 4.69) is 17.9 Å². The van der Waals surface area contributed by atoms with E-state index in [4.69, 9.17) is 4.74 Å². The number of thioether (sulfide) groups is 1. The number of nitrogens with zero attached hydrogens (tertiary/aromatic N) is 1. The van der Waals surface area contributed by atoms with E-state index in [0.717, 1.165) is 35.1 Å². The lowest BCUT2D eigenvalue weighted by molar-refractivity contribution is 0.194. The molecule has 0 spiro atoms. The molecule has 18 heavy (non-hydrogen) atoms. The highest BCUT2D eigenvalue weighted by Crippen LogP contribution is 2.36. The summed E-state index contributed by atoms with van der Waals surface area (Å²) in [5.41, 5.74) is 2.01. The van der Waals surface area contributed by atoms with Gasteiger partial charge in [-0.15, -0.1) is 0 Å². The Morgan fingerprint density at radius 1 is 1.50 bits per heavy atom. The van der Waals surface area contributed by atoms with Gasteiger partial charge < -0.3 is 14.7 Å². The second-order valence-electron chi connectivity index (χ2n) is 4.69. The molecule has 0 aromatic heterocycles. The molecule has 1 aromatic carbocycles. The molecule has 1 saturated heterocycles. The van der Waals surface area contributed by atoms with Crippen LogP contribution in [0.3, 0.4) is 0 Å². The lowest BCUT2D eigenvalue weighted by Gasteiger charge is -2.37. The summed E-state index contributed by atoms with van der Waals surface area (Å²) in [5, 5.41) is 10.0. The SMILES string of the molecule is COc1cccc(N2CCSCC2C)c1[C@H](C)O. The van der Waals surface area contributed by atoms with Crippen LogP contribution < -0.4 is 9.64 Å². The second kappa shape index (κ2) is 5.85. The Balaban J connectivity index is 2.42. The van der Waals surface area contributed by atoms with Gasteiger partial charge in [0, 0.05) is 35.3 Å². The third-order valence-electron chi connectivity index (χ3n) is 3.36. The quantitative estimate of drug-likeness (QED) is 0.912. The summed E-state index contributed by atoms with van der Waals surface area (Å²) in [7, 11) is 1.65. The molecule has 0 radical (unpaired) electrons. The van der Waals surface area contributed by atoms with Gasteiger partial charge in [-0.25, -0.2) is 0 Å². The summed E-state index contributed by atoms with van der Waals surface area (Å²) < 4.78 is 5.38. The highest BCUT2D eigenvalue weighted by molar-refractivity contribution is 7.99. The Hall–Kier alpha value is -0.870. The molecule has 2 atom stereocenters. The topological polar surface area (TPSA) is 32.7 Å². The highest BCUT2D eigenvalue weighted by atomic mass is 32.2. The van der Waals surface area contributed by atoms with Crippen molar-refractivity contribution in [3.8, 4) is 5.75 Å². The number of anilines is 1. The maximum Gasteiger partial charge on any atom is 0.126 e. The number of hydrogen-bond acceptors (Lipinski definition) is 4. The molecule has 1 heterocycles. The predicted molar refractivity (Wildman–Crippen MR) is 77.8 cm³/mol. The van der Waals surface area contributed by atoms with Gasteiger partial charge in [0.15, 0.2) is 0 Å². The summed E-state index contributed by atoms with van der Waals surface area (Å²) >= 11 is 1.99. The lowest BCUT2D eigenvalue weighted by Crippen LogP contribution is -2.41. The largest absolute Gasteiger partial charge is 0.496 e. The van der Waals surface area contributed by atoms with Crippen LogP contribution in [-0.2, 0) is 0 Å². The van der Waals surface area contributed by atoms with Gasteiger partial charge in [0.05, 0.1) is 13.2 Å². The predicted octanol–water partition coefficient (Wildman–Crippen LogP) is 2.69. The number of benzene rings is 1. The maximum atomic E-state index is 10.0. The van der Waals surface area contributed by atoms with Gasteiger partial charge in [0.2, 0.25) is 0 Å². The number of methoxy groups -OCH3 is 1. The molecule has 4 heteroatoms. The van der Waals surface area contributed by atoms with Crippen molar-refractivity contribution in [1.82, 2.24) is 0 Å². The minimum absolute atomic E-state index is 0.494. The van der Waals surface area contributed by atoms with E-state index in [-0.39, 0.29) is 0 Å². The summed E-state index contributed by atoms with van der Waals surface area (Å²) in [6.07, 6.45) is -0.516. The van der Waals surface area contributed by atoms with E-state index in [1.54, 1.807) is 14.0 Å². The van der Waals surface area contributed by atoms with Crippen molar-refractivity contribution in [2.24, 2.45) is 0 Å². The summed E-state index contributed by atoms with van der Waals surface area (Å²) in [6, 6.07) is 6.48. The Morgan fingerprint density at radius 3 is 2.89 bits per heavy atom. The van der Waals surface area contributed by atoms with Crippen molar-refractivity contribution in [1.29, 1.82) is 0 Å². The third kappa shape index (κ3) is 2.59. The zero-order valence-electron chi connectivity index (χ0n) is 11.2. The minimum atomic E-state index is -0.516. The third-order valence-corrected chi connectivity index (χ3v) is 4.55. The van der Waals surface area contributed by atoms with Crippen LogP contribution >= 0.6 is 11.8 Å². The van der Waals surface area contributed by atoms with Crippen LogP contribution in [0.15, 0.2) is 18.2 Å². The molecular formula is C14H21NO2S. The minimum Gasteiger partial charge on any atom is -0.496 e. The molecule has 1 N–H and O–H groups in total. The van der Waals surface area contributed by atoms with E-state index < -0.39 is 6.10 Å². The van der Waals surface area contributed by atoms with Crippen molar-refractivity contribution in [2.45, 2.75) is 26.0 Å². The fourth-order valence-electron chi connectivity index (χ4n) is 2.47. The Morgan fingerprint density at radius 2 is 2.28 bits per heavy atom. The summed E-state index contributed by atoms with van der Waals surface area (Å²) in [4.78, 5) is 2.38. The molecule has 1 fully saturated rings. The van der Waals surface area contributed by atoms with E-state index in [1.165, 1.54) is 0 Å². The Labute approximate surface area is 113 Å². The molecular weight excluding hydrogens is 246 g/mol. The van der Waals surface area contributed by atoms with Gasteiger partial charge in [-0.2, -0.15) is 11.8 Å². The maximum absolute atomic E-state index is 10.0. The van der Waals surface area contributed by atoms with Crippen molar-refractivity contribution in [2.75, 3.05) is 30.1 Å². The molecule has 0 saturated carbocycles. The average molecular weight is 267 g/mol. The van der Waals surface area contributed by atoms with Gasteiger partial charge >= 0.3 is 0 Å². The van der Waals surface area contributed by atoms with Crippen molar-refractivity contribution in [3.63, 3.8) is 0 Å². The first-order chi connectivity index (χ1) is 8.65. The second-order valence-corrected chi connectivity index (χ2v) is 5.84. The molecule has 1 aliphatic rings. The van der Waals surface area contributed by atoms with E-state index in [9.17, 15) is 5.11 Å². The molecule has 0 aliphatic carbocycles. The van der Waals surface area contributed by atoms with Crippen molar-refractivity contribution in [3.05, 3.63) is 23.8 Å². The summed E-state index contributed by atoms with van der Waals surface area (Å²) in [6.45, 7) is 5.06. The molecule has 1 unspecified atom stereocenters. The standard InChI is InChI=1S/C14H21NO2S/c1-10-9-18-8-7-15(10)12-5-4-6-13(17-3)14(12)11(2)16/h4-6,10-11,16H,7-9H2,1-3H3/t10?,11-/m0/s1. The van der Waals surface area contributed by atoms with Crippen LogP contribution in [0.1, 0.15) is 25.5 Å². The van der Waals surface area contributed by atoms with E-state index in [0.29, 0.717) is 6.04 Å². The van der Waals surface area contributed by atoms with E-state index >= 15 is 0 Å². The molecule has 3 nitrogen and oxygen atoms in total. The van der Waals surface area contributed by atoms with Gasteiger partial charge in [0.25, 0.3) is 0 Å². The first-order valence-electron chi connectivity index (χ1n) is 6.34.